The number of hydrogen-bond acceptors (Lipinski definition) is 5. The Balaban J connectivity index is 2.89. The van der Waals surface area contributed by atoms with Crippen LogP contribution >= 0.6 is 0 Å². The molecule has 1 unspecified atom stereocenters. The van der Waals surface area contributed by atoms with Crippen molar-refractivity contribution < 1.29 is 5.11 Å². The van der Waals surface area contributed by atoms with Gasteiger partial charge in [-0.05, 0) is 12.8 Å². The second kappa shape index (κ2) is 6.39. The van der Waals surface area contributed by atoms with Gasteiger partial charge in [-0.2, -0.15) is 0 Å². The van der Waals surface area contributed by atoms with E-state index < -0.39 is 0 Å². The van der Waals surface area contributed by atoms with E-state index in [-0.39, 0.29) is 12.5 Å². The molecule has 0 bridgehead atoms. The van der Waals surface area contributed by atoms with Crippen LogP contribution in [0.5, 0.6) is 0 Å². The van der Waals surface area contributed by atoms with Crippen LogP contribution in [0.1, 0.15) is 25.2 Å². The fourth-order valence-electron chi connectivity index (χ4n) is 1.47. The van der Waals surface area contributed by atoms with Gasteiger partial charge in [-0.3, -0.25) is 0 Å². The summed E-state index contributed by atoms with van der Waals surface area (Å²) in [6.07, 6.45) is 0.805. The Morgan fingerprint density at radius 1 is 1.29 bits per heavy atom. The molecule has 0 saturated carbocycles. The molecule has 0 fully saturated rings. The van der Waals surface area contributed by atoms with E-state index in [4.69, 9.17) is 5.11 Å². The van der Waals surface area contributed by atoms with Gasteiger partial charge in [-0.1, -0.05) is 13.8 Å². The number of aromatic nitrogens is 2. The summed E-state index contributed by atoms with van der Waals surface area (Å²) in [5.41, 5.74) is 1.01. The van der Waals surface area contributed by atoms with E-state index in [0.29, 0.717) is 6.54 Å². The van der Waals surface area contributed by atoms with Crippen LogP contribution in [0.25, 0.3) is 0 Å². The van der Waals surface area contributed by atoms with Crippen LogP contribution in [0.15, 0.2) is 0 Å². The summed E-state index contributed by atoms with van der Waals surface area (Å²) in [4.78, 5) is 8.87. The summed E-state index contributed by atoms with van der Waals surface area (Å²) in [7, 11) is 1.86. The molecular weight excluding hydrogens is 216 g/mol. The fourth-order valence-corrected chi connectivity index (χ4v) is 1.47. The second-order valence-corrected chi connectivity index (χ2v) is 4.23. The minimum absolute atomic E-state index is 0.177. The molecule has 3 N–H and O–H groups in total. The maximum absolute atomic E-state index is 9.00. The van der Waals surface area contributed by atoms with Gasteiger partial charge in [0.1, 0.15) is 17.5 Å². The van der Waals surface area contributed by atoms with Crippen LogP contribution in [0.3, 0.4) is 0 Å². The average Bonchev–Trinajstić information content (AvgIpc) is 2.37. The number of aryl methyl sites for hydroxylation is 1. The van der Waals surface area contributed by atoms with Crippen molar-refractivity contribution in [3.63, 3.8) is 0 Å². The molecule has 1 aromatic rings. The molecule has 0 radical (unpaired) electrons. The maximum Gasteiger partial charge on any atom is 0.134 e. The zero-order valence-electron chi connectivity index (χ0n) is 11.0. The van der Waals surface area contributed by atoms with Crippen molar-refractivity contribution in [2.75, 3.05) is 30.8 Å². The van der Waals surface area contributed by atoms with Crippen LogP contribution in [-0.2, 0) is 6.42 Å². The lowest BCUT2D eigenvalue weighted by molar-refractivity contribution is 0.244. The first-order valence-electron chi connectivity index (χ1n) is 6.02. The predicted molar refractivity (Wildman–Crippen MR) is 70.4 cm³/mol. The summed E-state index contributed by atoms with van der Waals surface area (Å²) in [5, 5.41) is 15.3. The highest BCUT2D eigenvalue weighted by Gasteiger charge is 2.09. The lowest BCUT2D eigenvalue weighted by Gasteiger charge is -2.15. The quantitative estimate of drug-likeness (QED) is 0.699. The van der Waals surface area contributed by atoms with Crippen molar-refractivity contribution in [3.8, 4) is 0 Å². The summed E-state index contributed by atoms with van der Waals surface area (Å²) >= 11 is 0. The minimum Gasteiger partial charge on any atom is -0.396 e. The average molecular weight is 238 g/mol. The second-order valence-electron chi connectivity index (χ2n) is 4.23. The molecule has 1 rings (SSSR count). The van der Waals surface area contributed by atoms with Gasteiger partial charge in [-0.15, -0.1) is 0 Å². The number of anilines is 2. The Bertz CT molecular complexity index is 368. The zero-order valence-corrected chi connectivity index (χ0v) is 11.0. The van der Waals surface area contributed by atoms with E-state index in [1.54, 1.807) is 0 Å². The summed E-state index contributed by atoms with van der Waals surface area (Å²) in [5.74, 6) is 2.74. The molecular formula is C12H22N4O. The third kappa shape index (κ3) is 3.56. The monoisotopic (exact) mass is 238 g/mol. The molecule has 0 aliphatic heterocycles. The SMILES string of the molecule is CCc1nc(NC)c(C)c(NCC(C)CO)n1. The number of rotatable bonds is 6. The van der Waals surface area contributed by atoms with E-state index in [0.717, 1.165) is 29.4 Å². The van der Waals surface area contributed by atoms with Crippen LogP contribution in [-0.4, -0.2) is 35.3 Å². The summed E-state index contributed by atoms with van der Waals surface area (Å²) in [6.45, 7) is 6.89. The maximum atomic E-state index is 9.00. The van der Waals surface area contributed by atoms with Gasteiger partial charge < -0.3 is 15.7 Å². The third-order valence-corrected chi connectivity index (χ3v) is 2.67. The lowest BCUT2D eigenvalue weighted by Crippen LogP contribution is -2.17. The van der Waals surface area contributed by atoms with Crippen LogP contribution in [0.4, 0.5) is 11.6 Å². The van der Waals surface area contributed by atoms with E-state index in [9.17, 15) is 0 Å². The molecule has 5 nitrogen and oxygen atoms in total. The van der Waals surface area contributed by atoms with Gasteiger partial charge in [0.25, 0.3) is 0 Å². The van der Waals surface area contributed by atoms with E-state index in [1.807, 2.05) is 27.8 Å². The highest BCUT2D eigenvalue weighted by Crippen LogP contribution is 2.19. The molecule has 0 saturated heterocycles. The molecule has 0 aliphatic carbocycles. The molecule has 1 heterocycles. The van der Waals surface area contributed by atoms with Gasteiger partial charge in [0, 0.05) is 32.2 Å². The topological polar surface area (TPSA) is 70.1 Å². The fraction of sp³-hybridized carbons (Fsp3) is 0.667. The first-order valence-corrected chi connectivity index (χ1v) is 6.02. The first-order chi connectivity index (χ1) is 8.12. The number of aliphatic hydroxyl groups is 1. The Kier molecular flexibility index (Phi) is 5.15. The van der Waals surface area contributed by atoms with Crippen molar-refractivity contribution in [1.82, 2.24) is 9.97 Å². The van der Waals surface area contributed by atoms with Gasteiger partial charge >= 0.3 is 0 Å². The Hall–Kier alpha value is -1.36. The largest absolute Gasteiger partial charge is 0.396 e. The molecule has 5 heteroatoms. The predicted octanol–water partition coefficient (Wildman–Crippen LogP) is 1.43. The van der Waals surface area contributed by atoms with Crippen molar-refractivity contribution in [1.29, 1.82) is 0 Å². The van der Waals surface area contributed by atoms with Crippen molar-refractivity contribution in [2.24, 2.45) is 5.92 Å². The van der Waals surface area contributed by atoms with E-state index in [2.05, 4.69) is 20.6 Å². The lowest BCUT2D eigenvalue weighted by atomic mass is 10.2. The highest BCUT2D eigenvalue weighted by atomic mass is 16.3. The highest BCUT2D eigenvalue weighted by molar-refractivity contribution is 5.56. The van der Waals surface area contributed by atoms with Crippen LogP contribution in [0.2, 0.25) is 0 Å². The van der Waals surface area contributed by atoms with Crippen LogP contribution < -0.4 is 10.6 Å². The minimum atomic E-state index is 0.177. The van der Waals surface area contributed by atoms with Gasteiger partial charge in [0.05, 0.1) is 0 Å². The third-order valence-electron chi connectivity index (χ3n) is 2.67. The van der Waals surface area contributed by atoms with Crippen molar-refractivity contribution in [3.05, 3.63) is 11.4 Å². The number of nitrogens with one attached hydrogen (secondary N) is 2. The van der Waals surface area contributed by atoms with Crippen LogP contribution in [0, 0.1) is 12.8 Å². The van der Waals surface area contributed by atoms with E-state index in [1.165, 1.54) is 0 Å². The smallest absolute Gasteiger partial charge is 0.134 e. The molecule has 0 aromatic carbocycles. The van der Waals surface area contributed by atoms with Gasteiger partial charge in [0.2, 0.25) is 0 Å². The van der Waals surface area contributed by atoms with E-state index >= 15 is 0 Å². The van der Waals surface area contributed by atoms with Crippen molar-refractivity contribution in [2.45, 2.75) is 27.2 Å². The molecule has 17 heavy (non-hydrogen) atoms. The molecule has 0 amide bonds. The Labute approximate surface area is 103 Å². The molecule has 1 aromatic heterocycles. The number of hydrogen-bond donors (Lipinski definition) is 3. The summed E-state index contributed by atoms with van der Waals surface area (Å²) < 4.78 is 0. The first kappa shape index (κ1) is 13.7. The molecule has 0 aliphatic rings. The zero-order chi connectivity index (χ0) is 12.8. The molecule has 96 valence electrons. The number of aliphatic hydroxyl groups excluding tert-OH is 1. The normalized spacial score (nSPS) is 12.3. The van der Waals surface area contributed by atoms with Gasteiger partial charge in [-0.25, -0.2) is 9.97 Å². The Morgan fingerprint density at radius 3 is 2.47 bits per heavy atom. The molecule has 1 atom stereocenters. The van der Waals surface area contributed by atoms with Crippen molar-refractivity contribution >= 4 is 11.6 Å². The Morgan fingerprint density at radius 2 is 1.94 bits per heavy atom. The summed E-state index contributed by atoms with van der Waals surface area (Å²) in [6, 6.07) is 0. The molecule has 0 spiro atoms. The standard InChI is InChI=1S/C12H22N4O/c1-5-10-15-11(13-4)9(3)12(16-10)14-6-8(2)7-17/h8,17H,5-7H2,1-4H3,(H2,13,14,15,16). The van der Waals surface area contributed by atoms with Gasteiger partial charge in [0.15, 0.2) is 0 Å². The number of nitrogens with zero attached hydrogens (tertiary/aromatic N) is 2.